The first-order chi connectivity index (χ1) is 17.5. The third-order valence-corrected chi connectivity index (χ3v) is 8.18. The molecule has 36 heavy (non-hydrogen) atoms. The summed E-state index contributed by atoms with van der Waals surface area (Å²) in [6, 6.07) is 33.6. The van der Waals surface area contributed by atoms with Crippen LogP contribution in [0.15, 0.2) is 91.0 Å². The van der Waals surface area contributed by atoms with Crippen molar-refractivity contribution in [3.63, 3.8) is 0 Å². The van der Waals surface area contributed by atoms with Gasteiger partial charge in [0.15, 0.2) is 7.28 Å². The van der Waals surface area contributed by atoms with Crippen molar-refractivity contribution in [2.24, 2.45) is 0 Å². The fourth-order valence-electron chi connectivity index (χ4n) is 6.21. The van der Waals surface area contributed by atoms with Gasteiger partial charge in [0.05, 0.1) is 16.7 Å². The molecule has 0 fully saturated rings. The molecule has 0 bridgehead atoms. The normalized spacial score (nSPS) is 12.1. The van der Waals surface area contributed by atoms with Crippen molar-refractivity contribution in [1.82, 2.24) is 4.57 Å². The Balaban J connectivity index is 1.55. The maximum absolute atomic E-state index is 2.46. The van der Waals surface area contributed by atoms with Crippen LogP contribution in [0.5, 0.6) is 0 Å². The Bertz CT molecular complexity index is 1830. The number of aryl methyl sites for hydroxylation is 2. The van der Waals surface area contributed by atoms with Gasteiger partial charge in [0.25, 0.3) is 0 Å². The van der Waals surface area contributed by atoms with Crippen molar-refractivity contribution < 1.29 is 0 Å². The van der Waals surface area contributed by atoms with Crippen LogP contribution in [0.2, 0.25) is 0 Å². The fraction of sp³-hybridized carbons (Fsp3) is 0.118. The fourth-order valence-corrected chi connectivity index (χ4v) is 6.21. The summed E-state index contributed by atoms with van der Waals surface area (Å²) in [6.07, 6.45) is 0. The highest BCUT2D eigenvalue weighted by Crippen LogP contribution is 2.39. The molecule has 2 heterocycles. The van der Waals surface area contributed by atoms with Gasteiger partial charge in [0.2, 0.25) is 0 Å². The molecule has 0 saturated heterocycles. The van der Waals surface area contributed by atoms with Gasteiger partial charge in [-0.25, -0.2) is 0 Å². The molecule has 1 aliphatic heterocycles. The van der Waals surface area contributed by atoms with Crippen molar-refractivity contribution >= 4 is 40.0 Å². The molecule has 0 unspecified atom stereocenters. The van der Waals surface area contributed by atoms with Crippen LogP contribution < -0.4 is 10.9 Å². The molecule has 0 atom stereocenters. The predicted molar refractivity (Wildman–Crippen MR) is 156 cm³/mol. The second-order valence-electron chi connectivity index (χ2n) is 10.2. The SMILES string of the molecule is Cc1cc(C)c(C)c(-c2ccc3c(c2)c2ccccc2n3-c2cccc3c2-c2ccccc2[B]3)c1C. The molecule has 1 aliphatic rings. The maximum Gasteiger partial charge on any atom is 0.193 e. The monoisotopic (exact) mass is 460 g/mol. The third-order valence-electron chi connectivity index (χ3n) is 8.18. The molecule has 0 saturated carbocycles. The average Bonchev–Trinajstić information content (AvgIpc) is 3.43. The van der Waals surface area contributed by atoms with E-state index in [2.05, 4.69) is 131 Å². The van der Waals surface area contributed by atoms with Crippen molar-refractivity contribution in [1.29, 1.82) is 0 Å². The Hall–Kier alpha value is -4.04. The van der Waals surface area contributed by atoms with Crippen LogP contribution in [0.4, 0.5) is 0 Å². The Morgan fingerprint density at radius 1 is 0.556 bits per heavy atom. The van der Waals surface area contributed by atoms with E-state index in [0.717, 1.165) is 0 Å². The first-order valence-corrected chi connectivity index (χ1v) is 12.7. The smallest absolute Gasteiger partial charge is 0.193 e. The Kier molecular flexibility index (Phi) is 4.57. The minimum Gasteiger partial charge on any atom is -0.309 e. The zero-order chi connectivity index (χ0) is 24.6. The minimum absolute atomic E-state index is 1.24. The van der Waals surface area contributed by atoms with E-state index in [1.807, 2.05) is 0 Å². The molecular weight excluding hydrogens is 433 g/mol. The van der Waals surface area contributed by atoms with E-state index in [-0.39, 0.29) is 0 Å². The van der Waals surface area contributed by atoms with E-state index in [4.69, 9.17) is 0 Å². The molecule has 1 aromatic heterocycles. The molecule has 0 amide bonds. The molecule has 6 aromatic rings. The molecule has 5 aromatic carbocycles. The molecule has 0 aliphatic carbocycles. The third kappa shape index (κ3) is 2.91. The van der Waals surface area contributed by atoms with Gasteiger partial charge >= 0.3 is 0 Å². The molecule has 0 spiro atoms. The number of benzene rings is 5. The Morgan fingerprint density at radius 3 is 2.08 bits per heavy atom. The van der Waals surface area contributed by atoms with Crippen molar-refractivity contribution in [2.75, 3.05) is 0 Å². The van der Waals surface area contributed by atoms with Crippen molar-refractivity contribution in [2.45, 2.75) is 27.7 Å². The second kappa shape index (κ2) is 7.73. The highest BCUT2D eigenvalue weighted by atomic mass is 15.0. The van der Waals surface area contributed by atoms with Gasteiger partial charge in [-0.05, 0) is 96.5 Å². The van der Waals surface area contributed by atoms with Gasteiger partial charge in [-0.1, -0.05) is 77.7 Å². The van der Waals surface area contributed by atoms with Gasteiger partial charge < -0.3 is 4.57 Å². The summed E-state index contributed by atoms with van der Waals surface area (Å²) in [6.45, 7) is 8.96. The summed E-state index contributed by atoms with van der Waals surface area (Å²) in [5, 5.41) is 2.59. The molecule has 1 radical (unpaired) electrons. The van der Waals surface area contributed by atoms with Gasteiger partial charge in [-0.2, -0.15) is 0 Å². The highest BCUT2D eigenvalue weighted by Gasteiger charge is 2.24. The van der Waals surface area contributed by atoms with Crippen LogP contribution in [0.3, 0.4) is 0 Å². The largest absolute Gasteiger partial charge is 0.309 e. The first kappa shape index (κ1) is 21.3. The van der Waals surface area contributed by atoms with Crippen LogP contribution in [-0.4, -0.2) is 11.8 Å². The Labute approximate surface area is 213 Å². The number of rotatable bonds is 2. The number of para-hydroxylation sites is 1. The van der Waals surface area contributed by atoms with Crippen LogP contribution in [0.1, 0.15) is 22.3 Å². The van der Waals surface area contributed by atoms with E-state index in [1.165, 1.54) is 82.9 Å². The zero-order valence-corrected chi connectivity index (χ0v) is 21.2. The highest BCUT2D eigenvalue weighted by molar-refractivity contribution is 6.73. The summed E-state index contributed by atoms with van der Waals surface area (Å²) in [5.41, 5.74) is 17.1. The lowest BCUT2D eigenvalue weighted by atomic mass is 9.68. The van der Waals surface area contributed by atoms with E-state index < -0.39 is 0 Å². The quantitative estimate of drug-likeness (QED) is 0.238. The summed E-state index contributed by atoms with van der Waals surface area (Å²) in [7, 11) is 2.31. The first-order valence-electron chi connectivity index (χ1n) is 12.7. The van der Waals surface area contributed by atoms with E-state index in [1.54, 1.807) is 0 Å². The minimum atomic E-state index is 1.24. The van der Waals surface area contributed by atoms with Crippen LogP contribution >= 0.6 is 0 Å². The summed E-state index contributed by atoms with van der Waals surface area (Å²) < 4.78 is 2.46. The topological polar surface area (TPSA) is 4.93 Å². The molecular formula is C34H27BN. The van der Waals surface area contributed by atoms with Crippen LogP contribution in [0, 0.1) is 27.7 Å². The standard InChI is InChI=1S/C34H27BN/c1-20-18-21(2)23(4)33(22(20)3)24-16-17-31-27(19-24)25-10-6-8-14-30(25)36(31)32-15-9-13-29-34(32)26-11-5-7-12-28(26)35-29/h5-19H,1-4H3. The molecule has 2 heteroatoms. The lowest BCUT2D eigenvalue weighted by Gasteiger charge is -2.17. The van der Waals surface area contributed by atoms with Gasteiger partial charge in [-0.3, -0.25) is 0 Å². The molecule has 1 nitrogen and oxygen atoms in total. The number of hydrogen-bond donors (Lipinski definition) is 0. The molecule has 171 valence electrons. The number of fused-ring (bicyclic) bond motifs is 6. The molecule has 7 rings (SSSR count). The lowest BCUT2D eigenvalue weighted by Crippen LogP contribution is -2.20. The van der Waals surface area contributed by atoms with Gasteiger partial charge in [-0.15, -0.1) is 0 Å². The maximum atomic E-state index is 2.46. The number of hydrogen-bond acceptors (Lipinski definition) is 0. The van der Waals surface area contributed by atoms with Crippen molar-refractivity contribution in [3.8, 4) is 27.9 Å². The number of aromatic nitrogens is 1. The van der Waals surface area contributed by atoms with Crippen LogP contribution in [0.25, 0.3) is 49.7 Å². The van der Waals surface area contributed by atoms with Crippen LogP contribution in [-0.2, 0) is 0 Å². The van der Waals surface area contributed by atoms with Gasteiger partial charge in [0.1, 0.15) is 0 Å². The second-order valence-corrected chi connectivity index (χ2v) is 10.2. The van der Waals surface area contributed by atoms with E-state index in [0.29, 0.717) is 0 Å². The summed E-state index contributed by atoms with van der Waals surface area (Å²) >= 11 is 0. The summed E-state index contributed by atoms with van der Waals surface area (Å²) in [5.74, 6) is 0. The van der Waals surface area contributed by atoms with Gasteiger partial charge in [0, 0.05) is 10.8 Å². The molecule has 0 N–H and O–H groups in total. The predicted octanol–water partition coefficient (Wildman–Crippen LogP) is 7.32. The Morgan fingerprint density at radius 2 is 1.25 bits per heavy atom. The summed E-state index contributed by atoms with van der Waals surface area (Å²) in [4.78, 5) is 0. The van der Waals surface area contributed by atoms with E-state index in [9.17, 15) is 0 Å². The average molecular weight is 460 g/mol. The lowest BCUT2D eigenvalue weighted by molar-refractivity contribution is 1.19. The van der Waals surface area contributed by atoms with Crippen molar-refractivity contribution in [3.05, 3.63) is 113 Å². The zero-order valence-electron chi connectivity index (χ0n) is 21.2. The number of nitrogens with zero attached hydrogens (tertiary/aromatic N) is 1. The van der Waals surface area contributed by atoms with E-state index >= 15 is 0 Å².